The molecule has 6 nitrogen and oxygen atoms in total. The zero-order chi connectivity index (χ0) is 17.8. The van der Waals surface area contributed by atoms with E-state index < -0.39 is 0 Å². The number of amides is 2. The fraction of sp³-hybridized carbons (Fsp3) is 0.444. The lowest BCUT2D eigenvalue weighted by Gasteiger charge is -2.35. The number of halogens is 1. The number of carbonyl (C=O) groups is 1. The van der Waals surface area contributed by atoms with Crippen molar-refractivity contribution in [3.05, 3.63) is 47.8 Å². The van der Waals surface area contributed by atoms with Gasteiger partial charge in [0.1, 0.15) is 5.82 Å². The highest BCUT2D eigenvalue weighted by Gasteiger charge is 2.22. The summed E-state index contributed by atoms with van der Waals surface area (Å²) < 4.78 is 15.1. The Morgan fingerprint density at radius 1 is 1.44 bits per heavy atom. The number of aromatic nitrogens is 2. The van der Waals surface area contributed by atoms with Crippen molar-refractivity contribution in [1.82, 2.24) is 20.2 Å². The molecule has 2 aromatic rings. The monoisotopic (exact) mass is 345 g/mol. The Kier molecular flexibility index (Phi) is 5.21. The van der Waals surface area contributed by atoms with Crippen molar-refractivity contribution in [3.63, 3.8) is 0 Å². The van der Waals surface area contributed by atoms with E-state index >= 15 is 0 Å². The summed E-state index contributed by atoms with van der Waals surface area (Å²) in [6.45, 7) is 3.96. The molecule has 0 radical (unpaired) electrons. The van der Waals surface area contributed by atoms with Crippen LogP contribution in [0.25, 0.3) is 0 Å². The van der Waals surface area contributed by atoms with Crippen LogP contribution in [0.4, 0.5) is 14.9 Å². The van der Waals surface area contributed by atoms with E-state index in [-0.39, 0.29) is 17.9 Å². The van der Waals surface area contributed by atoms with E-state index in [1.54, 1.807) is 12.4 Å². The van der Waals surface area contributed by atoms with Crippen LogP contribution in [0.15, 0.2) is 30.7 Å². The molecule has 3 rings (SSSR count). The van der Waals surface area contributed by atoms with Crippen molar-refractivity contribution in [2.24, 2.45) is 7.05 Å². The van der Waals surface area contributed by atoms with Crippen LogP contribution < -0.4 is 15.5 Å². The van der Waals surface area contributed by atoms with Crippen LogP contribution in [-0.4, -0.2) is 34.7 Å². The Hall–Kier alpha value is -2.57. The van der Waals surface area contributed by atoms with Crippen LogP contribution in [-0.2, 0) is 13.6 Å². The first-order valence-electron chi connectivity index (χ1n) is 8.53. The highest BCUT2D eigenvalue weighted by Crippen LogP contribution is 2.24. The molecule has 1 aliphatic rings. The molecular weight excluding hydrogens is 321 g/mol. The largest absolute Gasteiger partial charge is 0.369 e. The average Bonchev–Trinajstić information content (AvgIpc) is 2.99. The third-order valence-electron chi connectivity index (χ3n) is 4.44. The number of nitrogens with zero attached hydrogens (tertiary/aromatic N) is 3. The molecule has 1 aliphatic heterocycles. The van der Waals surface area contributed by atoms with Crippen LogP contribution in [0, 0.1) is 12.7 Å². The third kappa shape index (κ3) is 4.49. The Bertz CT molecular complexity index is 745. The molecular formula is C18H24FN5O. The van der Waals surface area contributed by atoms with Crippen molar-refractivity contribution < 1.29 is 9.18 Å². The van der Waals surface area contributed by atoms with E-state index in [0.29, 0.717) is 6.54 Å². The molecule has 1 saturated heterocycles. The van der Waals surface area contributed by atoms with Gasteiger partial charge < -0.3 is 20.1 Å². The molecule has 1 aromatic carbocycles. The van der Waals surface area contributed by atoms with Crippen LogP contribution >= 0.6 is 0 Å². The summed E-state index contributed by atoms with van der Waals surface area (Å²) >= 11 is 0. The average molecular weight is 345 g/mol. The van der Waals surface area contributed by atoms with E-state index in [9.17, 15) is 9.18 Å². The Balaban J connectivity index is 1.53. The van der Waals surface area contributed by atoms with E-state index in [1.165, 1.54) is 6.07 Å². The van der Waals surface area contributed by atoms with Gasteiger partial charge in [-0.05, 0) is 43.5 Å². The highest BCUT2D eigenvalue weighted by molar-refractivity contribution is 5.74. The number of rotatable bonds is 4. The van der Waals surface area contributed by atoms with E-state index in [0.717, 1.165) is 42.9 Å². The lowest BCUT2D eigenvalue weighted by atomic mass is 10.0. The fourth-order valence-corrected chi connectivity index (χ4v) is 3.25. The number of imidazole rings is 1. The molecule has 1 fully saturated rings. The smallest absolute Gasteiger partial charge is 0.315 e. The lowest BCUT2D eigenvalue weighted by Crippen LogP contribution is -2.50. The van der Waals surface area contributed by atoms with Crippen LogP contribution in [0.2, 0.25) is 0 Å². The molecule has 0 aliphatic carbocycles. The molecule has 1 unspecified atom stereocenters. The lowest BCUT2D eigenvalue weighted by molar-refractivity contribution is 0.234. The molecule has 0 spiro atoms. The normalized spacial score (nSPS) is 17.4. The van der Waals surface area contributed by atoms with Gasteiger partial charge >= 0.3 is 6.03 Å². The molecule has 0 saturated carbocycles. The van der Waals surface area contributed by atoms with Gasteiger partial charge in [-0.1, -0.05) is 0 Å². The van der Waals surface area contributed by atoms with Gasteiger partial charge in [-0.25, -0.2) is 14.2 Å². The number of anilines is 1. The summed E-state index contributed by atoms with van der Waals surface area (Å²) in [7, 11) is 1.89. The molecule has 2 heterocycles. The fourth-order valence-electron chi connectivity index (χ4n) is 3.25. The Morgan fingerprint density at radius 3 is 3.00 bits per heavy atom. The summed E-state index contributed by atoms with van der Waals surface area (Å²) in [4.78, 5) is 18.5. The van der Waals surface area contributed by atoms with Gasteiger partial charge in [0.25, 0.3) is 0 Å². The summed E-state index contributed by atoms with van der Waals surface area (Å²) in [6.07, 6.45) is 5.51. The van der Waals surface area contributed by atoms with E-state index in [2.05, 4.69) is 20.5 Å². The van der Waals surface area contributed by atoms with Crippen LogP contribution in [0.5, 0.6) is 0 Å². The SMILES string of the molecule is Cc1cc(F)ccc1N1CCCC(NC(=O)NCc2cn(C)cn2)C1. The number of aryl methyl sites for hydroxylation is 2. The molecule has 1 atom stereocenters. The van der Waals surface area contributed by atoms with Gasteiger partial charge in [-0.2, -0.15) is 0 Å². The first-order chi connectivity index (χ1) is 12.0. The summed E-state index contributed by atoms with van der Waals surface area (Å²) in [5.74, 6) is -0.221. The minimum atomic E-state index is -0.221. The molecule has 2 N–H and O–H groups in total. The molecule has 134 valence electrons. The first kappa shape index (κ1) is 17.3. The maximum Gasteiger partial charge on any atom is 0.315 e. The third-order valence-corrected chi connectivity index (χ3v) is 4.44. The van der Waals surface area contributed by atoms with Crippen molar-refractivity contribution in [2.75, 3.05) is 18.0 Å². The number of nitrogens with one attached hydrogen (secondary N) is 2. The second-order valence-corrected chi connectivity index (χ2v) is 6.57. The highest BCUT2D eigenvalue weighted by atomic mass is 19.1. The number of piperidine rings is 1. The Labute approximate surface area is 147 Å². The van der Waals surface area contributed by atoms with Gasteiger partial charge in [0.15, 0.2) is 0 Å². The minimum absolute atomic E-state index is 0.0712. The molecule has 25 heavy (non-hydrogen) atoms. The maximum absolute atomic E-state index is 13.3. The minimum Gasteiger partial charge on any atom is -0.369 e. The zero-order valence-electron chi connectivity index (χ0n) is 14.6. The van der Waals surface area contributed by atoms with Gasteiger partial charge in [-0.3, -0.25) is 0 Å². The number of benzene rings is 1. The maximum atomic E-state index is 13.3. The molecule has 2 amide bonds. The van der Waals surface area contributed by atoms with Gasteiger partial charge in [0, 0.05) is 38.1 Å². The zero-order valence-corrected chi connectivity index (χ0v) is 14.6. The van der Waals surface area contributed by atoms with Crippen LogP contribution in [0.1, 0.15) is 24.1 Å². The van der Waals surface area contributed by atoms with Crippen molar-refractivity contribution >= 4 is 11.7 Å². The topological polar surface area (TPSA) is 62.2 Å². The number of hydrogen-bond donors (Lipinski definition) is 2. The first-order valence-corrected chi connectivity index (χ1v) is 8.53. The van der Waals surface area contributed by atoms with E-state index in [1.807, 2.05) is 30.8 Å². The van der Waals surface area contributed by atoms with Crippen molar-refractivity contribution in [2.45, 2.75) is 32.4 Å². The summed E-state index contributed by atoms with van der Waals surface area (Å²) in [6, 6.07) is 4.73. The standard InChI is InChI=1S/C18H24FN5O/c1-13-8-14(19)5-6-17(13)24-7-3-4-15(11-24)22-18(25)20-9-16-10-23(2)12-21-16/h5-6,8,10,12,15H,3-4,7,9,11H2,1-2H3,(H2,20,22,25). The second-order valence-electron chi connectivity index (χ2n) is 6.57. The van der Waals surface area contributed by atoms with Gasteiger partial charge in [0.2, 0.25) is 0 Å². The van der Waals surface area contributed by atoms with Crippen molar-refractivity contribution in [1.29, 1.82) is 0 Å². The molecule has 0 bridgehead atoms. The molecule has 1 aromatic heterocycles. The number of hydrogen-bond acceptors (Lipinski definition) is 3. The predicted octanol–water partition coefficient (Wildman–Crippen LogP) is 2.34. The Morgan fingerprint density at radius 2 is 2.28 bits per heavy atom. The van der Waals surface area contributed by atoms with Gasteiger partial charge in [0.05, 0.1) is 18.6 Å². The van der Waals surface area contributed by atoms with Crippen LogP contribution in [0.3, 0.4) is 0 Å². The predicted molar refractivity (Wildman–Crippen MR) is 95.0 cm³/mol. The van der Waals surface area contributed by atoms with E-state index in [4.69, 9.17) is 0 Å². The van der Waals surface area contributed by atoms with Crippen molar-refractivity contribution in [3.8, 4) is 0 Å². The number of urea groups is 1. The summed E-state index contributed by atoms with van der Waals surface area (Å²) in [5, 5.41) is 5.87. The van der Waals surface area contributed by atoms with Gasteiger partial charge in [-0.15, -0.1) is 0 Å². The second kappa shape index (κ2) is 7.55. The quantitative estimate of drug-likeness (QED) is 0.894. The number of carbonyl (C=O) groups excluding carboxylic acids is 1. The summed E-state index contributed by atoms with van der Waals surface area (Å²) in [5.41, 5.74) is 2.77. The molecule has 7 heteroatoms.